The van der Waals surface area contributed by atoms with Gasteiger partial charge in [-0.05, 0) is 49.9 Å². The molecule has 4 nitrogen and oxygen atoms in total. The highest BCUT2D eigenvalue weighted by Crippen LogP contribution is 2.09. The highest BCUT2D eigenvalue weighted by molar-refractivity contribution is 5.94. The lowest BCUT2D eigenvalue weighted by atomic mass is 10.1. The first-order valence-electron chi connectivity index (χ1n) is 6.40. The van der Waals surface area contributed by atoms with E-state index in [2.05, 4.69) is 10.5 Å². The van der Waals surface area contributed by atoms with Gasteiger partial charge in [0.05, 0.1) is 6.20 Å². The molecule has 1 amide bonds. The van der Waals surface area contributed by atoms with Crippen LogP contribution in [0, 0.1) is 13.8 Å². The number of benzene rings is 1. The lowest BCUT2D eigenvalue weighted by molar-refractivity contribution is 0.0953. The number of nitrogens with one attached hydrogen (secondary N) is 1. The molecule has 19 heavy (non-hydrogen) atoms. The van der Waals surface area contributed by atoms with E-state index in [1.165, 1.54) is 5.56 Å². The Hall–Kier alpha value is -2.10. The van der Waals surface area contributed by atoms with Gasteiger partial charge in [0.15, 0.2) is 0 Å². The maximum atomic E-state index is 11.9. The molecule has 1 aromatic carbocycles. The van der Waals surface area contributed by atoms with E-state index in [0.717, 1.165) is 24.0 Å². The summed E-state index contributed by atoms with van der Waals surface area (Å²) in [4.78, 5) is 11.9. The third-order valence-electron chi connectivity index (χ3n) is 3.18. The molecule has 2 aromatic rings. The molecule has 0 bridgehead atoms. The normalized spacial score (nSPS) is 10.4. The average molecular weight is 258 g/mol. The molecule has 1 aromatic heterocycles. The number of carbonyl (C=O) groups excluding carboxylic acids is 1. The summed E-state index contributed by atoms with van der Waals surface area (Å²) in [5, 5.41) is 6.56. The van der Waals surface area contributed by atoms with Crippen LogP contribution in [0.25, 0.3) is 0 Å². The molecule has 0 atom stereocenters. The zero-order valence-electron chi connectivity index (χ0n) is 11.3. The number of nitrogens with zero attached hydrogens (tertiary/aromatic N) is 1. The monoisotopic (exact) mass is 258 g/mol. The van der Waals surface area contributed by atoms with Crippen LogP contribution in [-0.2, 0) is 6.42 Å². The van der Waals surface area contributed by atoms with Crippen LogP contribution >= 0.6 is 0 Å². The van der Waals surface area contributed by atoms with Crippen molar-refractivity contribution < 1.29 is 9.32 Å². The number of hydrogen-bond donors (Lipinski definition) is 1. The van der Waals surface area contributed by atoms with Gasteiger partial charge in [0.1, 0.15) is 6.26 Å². The predicted molar refractivity (Wildman–Crippen MR) is 73.1 cm³/mol. The van der Waals surface area contributed by atoms with Gasteiger partial charge in [-0.15, -0.1) is 0 Å². The maximum absolute atomic E-state index is 11.9. The molecule has 1 N–H and O–H groups in total. The van der Waals surface area contributed by atoms with Crippen molar-refractivity contribution in [3.8, 4) is 0 Å². The number of amides is 1. The quantitative estimate of drug-likeness (QED) is 0.839. The van der Waals surface area contributed by atoms with E-state index in [4.69, 9.17) is 4.52 Å². The summed E-state index contributed by atoms with van der Waals surface area (Å²) in [7, 11) is 0. The SMILES string of the molecule is Cc1ccc(C(=O)NCCCc2cnoc2)cc1C. The molecule has 0 radical (unpaired) electrons. The van der Waals surface area contributed by atoms with Gasteiger partial charge in [-0.1, -0.05) is 11.2 Å². The third kappa shape index (κ3) is 3.68. The summed E-state index contributed by atoms with van der Waals surface area (Å²) in [5.41, 5.74) is 4.11. The summed E-state index contributed by atoms with van der Waals surface area (Å²) in [6.45, 7) is 4.70. The van der Waals surface area contributed by atoms with E-state index < -0.39 is 0 Å². The van der Waals surface area contributed by atoms with Crippen LogP contribution in [0.4, 0.5) is 0 Å². The molecule has 0 unspecified atom stereocenters. The van der Waals surface area contributed by atoms with E-state index in [1.54, 1.807) is 12.5 Å². The van der Waals surface area contributed by atoms with E-state index >= 15 is 0 Å². The molecule has 0 aliphatic carbocycles. The molecule has 1 heterocycles. The van der Waals surface area contributed by atoms with Crippen LogP contribution in [-0.4, -0.2) is 17.6 Å². The Balaban J connectivity index is 1.79. The number of rotatable bonds is 5. The van der Waals surface area contributed by atoms with Crippen molar-refractivity contribution in [2.75, 3.05) is 6.54 Å². The first kappa shape index (κ1) is 13.3. The Bertz CT molecular complexity index is 547. The molecular weight excluding hydrogens is 240 g/mol. The van der Waals surface area contributed by atoms with Gasteiger partial charge < -0.3 is 9.84 Å². The Labute approximate surface area is 112 Å². The third-order valence-corrected chi connectivity index (χ3v) is 3.18. The lowest BCUT2D eigenvalue weighted by Gasteiger charge is -2.06. The Morgan fingerprint density at radius 3 is 2.84 bits per heavy atom. The van der Waals surface area contributed by atoms with Crippen molar-refractivity contribution in [1.29, 1.82) is 0 Å². The summed E-state index contributed by atoms with van der Waals surface area (Å²) in [6.07, 6.45) is 5.06. The molecule has 0 aliphatic heterocycles. The standard InChI is InChI=1S/C15H18N2O2/c1-11-5-6-14(8-12(11)2)15(18)16-7-3-4-13-9-17-19-10-13/h5-6,8-10H,3-4,7H2,1-2H3,(H,16,18). The van der Waals surface area contributed by atoms with E-state index in [-0.39, 0.29) is 5.91 Å². The molecule has 0 saturated carbocycles. The number of aromatic nitrogens is 1. The van der Waals surface area contributed by atoms with Crippen LogP contribution in [0.15, 0.2) is 35.2 Å². The number of carbonyl (C=O) groups is 1. The smallest absolute Gasteiger partial charge is 0.251 e. The maximum Gasteiger partial charge on any atom is 0.251 e. The van der Waals surface area contributed by atoms with Crippen LogP contribution in [0.2, 0.25) is 0 Å². The van der Waals surface area contributed by atoms with Crippen molar-refractivity contribution in [2.45, 2.75) is 26.7 Å². The highest BCUT2D eigenvalue weighted by atomic mass is 16.5. The van der Waals surface area contributed by atoms with E-state index in [1.807, 2.05) is 32.0 Å². The largest absolute Gasteiger partial charge is 0.364 e. The topological polar surface area (TPSA) is 55.1 Å². The van der Waals surface area contributed by atoms with Crippen molar-refractivity contribution in [2.24, 2.45) is 0 Å². The molecule has 4 heteroatoms. The second-order valence-electron chi connectivity index (χ2n) is 4.69. The molecule has 100 valence electrons. The minimum atomic E-state index is -0.0200. The van der Waals surface area contributed by atoms with Crippen molar-refractivity contribution in [1.82, 2.24) is 10.5 Å². The van der Waals surface area contributed by atoms with Gasteiger partial charge in [0, 0.05) is 17.7 Å². The first-order valence-corrected chi connectivity index (χ1v) is 6.40. The number of hydrogen-bond acceptors (Lipinski definition) is 3. The van der Waals surface area contributed by atoms with Crippen molar-refractivity contribution >= 4 is 5.91 Å². The molecule has 0 aliphatic rings. The first-order chi connectivity index (χ1) is 9.16. The van der Waals surface area contributed by atoms with Gasteiger partial charge in [0.25, 0.3) is 5.91 Å². The second kappa shape index (κ2) is 6.18. The highest BCUT2D eigenvalue weighted by Gasteiger charge is 2.05. The van der Waals surface area contributed by atoms with Crippen LogP contribution in [0.1, 0.15) is 33.5 Å². The van der Waals surface area contributed by atoms with Crippen LogP contribution in [0.3, 0.4) is 0 Å². The van der Waals surface area contributed by atoms with Gasteiger partial charge in [0.2, 0.25) is 0 Å². The summed E-state index contributed by atoms with van der Waals surface area (Å²) >= 11 is 0. The van der Waals surface area contributed by atoms with Gasteiger partial charge >= 0.3 is 0 Å². The van der Waals surface area contributed by atoms with Gasteiger partial charge in [-0.25, -0.2) is 0 Å². The van der Waals surface area contributed by atoms with Crippen LogP contribution < -0.4 is 5.32 Å². The van der Waals surface area contributed by atoms with Crippen molar-refractivity contribution in [3.63, 3.8) is 0 Å². The molecule has 0 fully saturated rings. The van der Waals surface area contributed by atoms with Gasteiger partial charge in [-0.3, -0.25) is 4.79 Å². The molecule has 2 rings (SSSR count). The fourth-order valence-corrected chi connectivity index (χ4v) is 1.83. The van der Waals surface area contributed by atoms with Gasteiger partial charge in [-0.2, -0.15) is 0 Å². The van der Waals surface area contributed by atoms with Crippen molar-refractivity contribution in [3.05, 3.63) is 52.9 Å². The Morgan fingerprint density at radius 1 is 1.32 bits per heavy atom. The summed E-state index contributed by atoms with van der Waals surface area (Å²) in [6, 6.07) is 5.75. The molecular formula is C15H18N2O2. The minimum absolute atomic E-state index is 0.0200. The van der Waals surface area contributed by atoms with Crippen LogP contribution in [0.5, 0.6) is 0 Å². The second-order valence-corrected chi connectivity index (χ2v) is 4.69. The van der Waals surface area contributed by atoms with E-state index in [9.17, 15) is 4.79 Å². The zero-order valence-corrected chi connectivity index (χ0v) is 11.3. The summed E-state index contributed by atoms with van der Waals surface area (Å²) < 4.78 is 4.75. The zero-order chi connectivity index (χ0) is 13.7. The average Bonchev–Trinajstić information content (AvgIpc) is 2.91. The fourth-order valence-electron chi connectivity index (χ4n) is 1.83. The Morgan fingerprint density at radius 2 is 2.16 bits per heavy atom. The lowest BCUT2D eigenvalue weighted by Crippen LogP contribution is -2.24. The summed E-state index contributed by atoms with van der Waals surface area (Å²) in [5.74, 6) is -0.0200. The molecule has 0 spiro atoms. The molecule has 0 saturated heterocycles. The van der Waals surface area contributed by atoms with E-state index in [0.29, 0.717) is 12.1 Å². The number of aryl methyl sites for hydroxylation is 3. The fraction of sp³-hybridized carbons (Fsp3) is 0.333. The predicted octanol–water partition coefficient (Wildman–Crippen LogP) is 2.65. The Kier molecular flexibility index (Phi) is 4.34. The minimum Gasteiger partial charge on any atom is -0.364 e.